The molecule has 0 aliphatic heterocycles. The molecule has 0 saturated heterocycles. The van der Waals surface area contributed by atoms with E-state index in [1.165, 1.54) is 6.07 Å². The lowest BCUT2D eigenvalue weighted by atomic mass is 10.0. The van der Waals surface area contributed by atoms with Gasteiger partial charge in [-0.05, 0) is 35.7 Å². The Morgan fingerprint density at radius 2 is 1.60 bits per heavy atom. The summed E-state index contributed by atoms with van der Waals surface area (Å²) >= 11 is 0. The predicted octanol–water partition coefficient (Wildman–Crippen LogP) is 5.07. The number of nitrogens with one attached hydrogen (secondary N) is 1. The molecular formula is C16H18F2N2. The van der Waals surface area contributed by atoms with Crippen molar-refractivity contribution in [2.75, 3.05) is 11.1 Å². The maximum atomic E-state index is 13.1. The van der Waals surface area contributed by atoms with Gasteiger partial charge >= 0.3 is 0 Å². The van der Waals surface area contributed by atoms with E-state index in [9.17, 15) is 8.78 Å². The van der Waals surface area contributed by atoms with Crippen molar-refractivity contribution in [1.29, 1.82) is 0 Å². The number of hydrogen-bond acceptors (Lipinski definition) is 2. The quantitative estimate of drug-likeness (QED) is 0.765. The zero-order chi connectivity index (χ0) is 14.7. The van der Waals surface area contributed by atoms with Gasteiger partial charge in [-0.3, -0.25) is 0 Å². The number of halogens is 2. The highest BCUT2D eigenvalue weighted by atomic mass is 19.3. The van der Waals surface area contributed by atoms with Crippen molar-refractivity contribution in [2.45, 2.75) is 26.2 Å². The Morgan fingerprint density at radius 3 is 2.25 bits per heavy atom. The smallest absolute Gasteiger partial charge is 0.265 e. The average molecular weight is 276 g/mol. The van der Waals surface area contributed by atoms with Gasteiger partial charge in [-0.25, -0.2) is 8.78 Å². The molecule has 2 aromatic rings. The van der Waals surface area contributed by atoms with E-state index in [4.69, 9.17) is 5.73 Å². The summed E-state index contributed by atoms with van der Waals surface area (Å²) in [5.41, 5.74) is 8.15. The van der Waals surface area contributed by atoms with E-state index >= 15 is 0 Å². The highest BCUT2D eigenvalue weighted by molar-refractivity contribution is 5.69. The van der Waals surface area contributed by atoms with Gasteiger partial charge in [-0.15, -0.1) is 0 Å². The molecule has 2 nitrogen and oxygen atoms in total. The van der Waals surface area contributed by atoms with Gasteiger partial charge in [0.05, 0.1) is 0 Å². The summed E-state index contributed by atoms with van der Waals surface area (Å²) in [4.78, 5) is 0. The van der Waals surface area contributed by atoms with Crippen LogP contribution < -0.4 is 11.1 Å². The van der Waals surface area contributed by atoms with E-state index < -0.39 is 6.43 Å². The third-order valence-electron chi connectivity index (χ3n) is 3.16. The molecular weight excluding hydrogens is 258 g/mol. The number of alkyl halides is 2. The highest BCUT2D eigenvalue weighted by Crippen LogP contribution is 2.33. The van der Waals surface area contributed by atoms with Crippen LogP contribution >= 0.6 is 0 Å². The maximum Gasteiger partial charge on any atom is 0.265 e. The van der Waals surface area contributed by atoms with Gasteiger partial charge in [0.25, 0.3) is 6.43 Å². The Kier molecular flexibility index (Phi) is 4.23. The van der Waals surface area contributed by atoms with Crippen LogP contribution in [0.5, 0.6) is 0 Å². The molecule has 0 saturated carbocycles. The summed E-state index contributed by atoms with van der Waals surface area (Å²) in [5, 5.41) is 3.10. The van der Waals surface area contributed by atoms with Crippen LogP contribution in [0.1, 0.15) is 37.3 Å². The Hall–Kier alpha value is -2.10. The zero-order valence-corrected chi connectivity index (χ0v) is 11.5. The van der Waals surface area contributed by atoms with Crippen LogP contribution in [-0.4, -0.2) is 0 Å². The number of nitrogen functional groups attached to an aromatic ring is 1. The van der Waals surface area contributed by atoms with Gasteiger partial charge in [-0.1, -0.05) is 32.0 Å². The number of nitrogens with two attached hydrogens (primary N) is 1. The molecule has 0 aliphatic carbocycles. The maximum absolute atomic E-state index is 13.1. The Labute approximate surface area is 117 Å². The highest BCUT2D eigenvalue weighted by Gasteiger charge is 2.15. The molecule has 3 N–H and O–H groups in total. The summed E-state index contributed by atoms with van der Waals surface area (Å²) in [7, 11) is 0. The summed E-state index contributed by atoms with van der Waals surface area (Å²) in [5.74, 6) is 0.308. The van der Waals surface area contributed by atoms with Crippen molar-refractivity contribution >= 4 is 17.1 Å². The second kappa shape index (κ2) is 5.90. The first-order chi connectivity index (χ1) is 9.49. The SMILES string of the molecule is CC(C)c1ccccc1Nc1ccc(N)cc1C(F)F. The van der Waals surface area contributed by atoms with Crippen molar-refractivity contribution in [3.63, 3.8) is 0 Å². The number of para-hydroxylation sites is 1. The fourth-order valence-electron chi connectivity index (χ4n) is 2.13. The topological polar surface area (TPSA) is 38.0 Å². The minimum atomic E-state index is -2.56. The molecule has 0 amide bonds. The van der Waals surface area contributed by atoms with Crippen LogP contribution in [-0.2, 0) is 0 Å². The molecule has 106 valence electrons. The van der Waals surface area contributed by atoms with Gasteiger partial charge in [-0.2, -0.15) is 0 Å². The zero-order valence-electron chi connectivity index (χ0n) is 11.5. The van der Waals surface area contributed by atoms with Crippen LogP contribution in [0.4, 0.5) is 25.8 Å². The normalized spacial score (nSPS) is 11.1. The number of anilines is 3. The standard InChI is InChI=1S/C16H18F2N2/c1-10(2)12-5-3-4-6-14(12)20-15-8-7-11(19)9-13(15)16(17)18/h3-10,16,20H,19H2,1-2H3. The molecule has 0 aliphatic rings. The van der Waals surface area contributed by atoms with Crippen molar-refractivity contribution in [1.82, 2.24) is 0 Å². The number of rotatable bonds is 4. The van der Waals surface area contributed by atoms with Gasteiger partial charge in [0, 0.05) is 22.6 Å². The summed E-state index contributed by atoms with van der Waals surface area (Å²) in [6.45, 7) is 4.13. The first kappa shape index (κ1) is 14.3. The summed E-state index contributed by atoms with van der Waals surface area (Å²) in [6.07, 6.45) is -2.56. The Morgan fingerprint density at radius 1 is 0.950 bits per heavy atom. The number of benzene rings is 2. The molecule has 0 unspecified atom stereocenters. The van der Waals surface area contributed by atoms with Crippen molar-refractivity contribution in [3.8, 4) is 0 Å². The summed E-state index contributed by atoms with van der Waals surface area (Å²) in [6, 6.07) is 12.2. The molecule has 20 heavy (non-hydrogen) atoms. The first-order valence-corrected chi connectivity index (χ1v) is 6.52. The second-order valence-electron chi connectivity index (χ2n) is 5.01. The van der Waals surface area contributed by atoms with Crippen LogP contribution in [0.2, 0.25) is 0 Å². The van der Waals surface area contributed by atoms with Crippen LogP contribution in [0, 0.1) is 0 Å². The van der Waals surface area contributed by atoms with Crippen LogP contribution in [0.25, 0.3) is 0 Å². The van der Waals surface area contributed by atoms with Gasteiger partial charge in [0.15, 0.2) is 0 Å². The molecule has 2 aromatic carbocycles. The Bertz CT molecular complexity index is 595. The average Bonchev–Trinajstić information content (AvgIpc) is 2.41. The molecule has 0 spiro atoms. The minimum absolute atomic E-state index is 0.0800. The molecule has 0 bridgehead atoms. The lowest BCUT2D eigenvalue weighted by molar-refractivity contribution is 0.152. The molecule has 0 heterocycles. The minimum Gasteiger partial charge on any atom is -0.399 e. The molecule has 4 heteroatoms. The largest absolute Gasteiger partial charge is 0.399 e. The van der Waals surface area contributed by atoms with Gasteiger partial charge in [0.1, 0.15) is 0 Å². The molecule has 0 aromatic heterocycles. The third kappa shape index (κ3) is 3.07. The van der Waals surface area contributed by atoms with E-state index in [0.717, 1.165) is 11.3 Å². The van der Waals surface area contributed by atoms with E-state index in [0.29, 0.717) is 17.3 Å². The van der Waals surface area contributed by atoms with E-state index in [-0.39, 0.29) is 5.56 Å². The molecule has 0 atom stereocenters. The van der Waals surface area contributed by atoms with E-state index in [1.807, 2.05) is 24.3 Å². The van der Waals surface area contributed by atoms with Crippen molar-refractivity contribution in [2.24, 2.45) is 0 Å². The first-order valence-electron chi connectivity index (χ1n) is 6.52. The number of hydrogen-bond donors (Lipinski definition) is 2. The van der Waals surface area contributed by atoms with Crippen LogP contribution in [0.15, 0.2) is 42.5 Å². The van der Waals surface area contributed by atoms with Crippen molar-refractivity contribution < 1.29 is 8.78 Å². The third-order valence-corrected chi connectivity index (χ3v) is 3.16. The molecule has 0 fully saturated rings. The van der Waals surface area contributed by atoms with E-state index in [2.05, 4.69) is 19.2 Å². The van der Waals surface area contributed by atoms with Crippen molar-refractivity contribution in [3.05, 3.63) is 53.6 Å². The summed E-state index contributed by atoms with van der Waals surface area (Å²) < 4.78 is 26.1. The fraction of sp³-hybridized carbons (Fsp3) is 0.250. The second-order valence-corrected chi connectivity index (χ2v) is 5.01. The molecule has 2 rings (SSSR count). The lowest BCUT2D eigenvalue weighted by Crippen LogP contribution is -2.01. The van der Waals surface area contributed by atoms with E-state index in [1.54, 1.807) is 12.1 Å². The van der Waals surface area contributed by atoms with Gasteiger partial charge < -0.3 is 11.1 Å². The Balaban J connectivity index is 2.40. The lowest BCUT2D eigenvalue weighted by Gasteiger charge is -2.17. The predicted molar refractivity (Wildman–Crippen MR) is 79.6 cm³/mol. The molecule has 0 radical (unpaired) electrons. The van der Waals surface area contributed by atoms with Gasteiger partial charge in [0.2, 0.25) is 0 Å². The fourth-order valence-corrected chi connectivity index (χ4v) is 2.13. The monoisotopic (exact) mass is 276 g/mol. The van der Waals surface area contributed by atoms with Crippen LogP contribution in [0.3, 0.4) is 0 Å².